The first kappa shape index (κ1) is 11.2. The molecule has 2 aromatic rings. The Labute approximate surface area is 106 Å². The number of hydrogen-bond acceptors (Lipinski definition) is 4. The average molecular weight is 243 g/mol. The molecular formula is C13H17N5. The summed E-state index contributed by atoms with van der Waals surface area (Å²) in [5.74, 6) is 1.78. The first-order valence-corrected chi connectivity index (χ1v) is 6.29. The van der Waals surface area contributed by atoms with Crippen LogP contribution in [0.2, 0.25) is 0 Å². The molecule has 5 nitrogen and oxygen atoms in total. The van der Waals surface area contributed by atoms with Crippen LogP contribution in [0.1, 0.15) is 24.7 Å². The lowest BCUT2D eigenvalue weighted by Crippen LogP contribution is -2.25. The molecule has 0 spiro atoms. The van der Waals surface area contributed by atoms with Gasteiger partial charge in [-0.3, -0.25) is 0 Å². The highest BCUT2D eigenvalue weighted by atomic mass is 15.4. The number of aromatic nitrogens is 3. The van der Waals surface area contributed by atoms with Crippen molar-refractivity contribution in [2.75, 3.05) is 12.3 Å². The lowest BCUT2D eigenvalue weighted by molar-refractivity contribution is 0.370. The monoisotopic (exact) mass is 243 g/mol. The Kier molecular flexibility index (Phi) is 2.76. The summed E-state index contributed by atoms with van der Waals surface area (Å²) in [6.07, 6.45) is 3.20. The van der Waals surface area contributed by atoms with Crippen molar-refractivity contribution in [3.63, 3.8) is 0 Å². The minimum absolute atomic E-state index is 0.288. The second-order valence-corrected chi connectivity index (χ2v) is 4.70. The lowest BCUT2D eigenvalue weighted by atomic mass is 10.1. The Balaban J connectivity index is 2.02. The lowest BCUT2D eigenvalue weighted by Gasteiger charge is -2.21. The van der Waals surface area contributed by atoms with Gasteiger partial charge in [0.25, 0.3) is 0 Å². The zero-order chi connectivity index (χ0) is 12.5. The van der Waals surface area contributed by atoms with E-state index in [0.29, 0.717) is 6.54 Å². The van der Waals surface area contributed by atoms with E-state index in [9.17, 15) is 0 Å². The molecular weight excluding hydrogens is 226 g/mol. The molecule has 0 saturated carbocycles. The molecule has 1 unspecified atom stereocenters. The number of nitrogens with zero attached hydrogens (tertiary/aromatic N) is 3. The normalized spacial score (nSPS) is 18.6. The van der Waals surface area contributed by atoms with Gasteiger partial charge >= 0.3 is 0 Å². The fourth-order valence-corrected chi connectivity index (χ4v) is 2.45. The zero-order valence-corrected chi connectivity index (χ0v) is 10.2. The molecule has 1 aliphatic rings. The summed E-state index contributed by atoms with van der Waals surface area (Å²) in [4.78, 5) is 4.60. The van der Waals surface area contributed by atoms with Crippen molar-refractivity contribution in [1.29, 1.82) is 0 Å². The van der Waals surface area contributed by atoms with Crippen molar-refractivity contribution in [3.05, 3.63) is 30.1 Å². The number of nitrogens with two attached hydrogens (primary N) is 2. The summed E-state index contributed by atoms with van der Waals surface area (Å²) < 4.78 is 1.99. The van der Waals surface area contributed by atoms with Crippen molar-refractivity contribution in [3.8, 4) is 11.4 Å². The van der Waals surface area contributed by atoms with E-state index >= 15 is 0 Å². The summed E-state index contributed by atoms with van der Waals surface area (Å²) in [5, 5.41) is 4.58. The van der Waals surface area contributed by atoms with Gasteiger partial charge in [-0.25, -0.2) is 9.67 Å². The largest absolute Gasteiger partial charge is 0.399 e. The molecule has 4 N–H and O–H groups in total. The quantitative estimate of drug-likeness (QED) is 0.780. The van der Waals surface area contributed by atoms with Crippen LogP contribution in [0.5, 0.6) is 0 Å². The number of benzene rings is 1. The highest BCUT2D eigenvalue weighted by Crippen LogP contribution is 2.25. The van der Waals surface area contributed by atoms with Gasteiger partial charge < -0.3 is 11.5 Å². The molecule has 0 radical (unpaired) electrons. The SMILES string of the molecule is NCC1CCCc2nc(-c3cccc(N)c3)nn21. The van der Waals surface area contributed by atoms with E-state index in [0.717, 1.165) is 42.2 Å². The Morgan fingerprint density at radius 3 is 3.06 bits per heavy atom. The molecule has 3 rings (SSSR count). The van der Waals surface area contributed by atoms with E-state index in [2.05, 4.69) is 10.1 Å². The highest BCUT2D eigenvalue weighted by molar-refractivity contribution is 5.60. The van der Waals surface area contributed by atoms with E-state index in [-0.39, 0.29) is 6.04 Å². The number of aryl methyl sites for hydroxylation is 1. The van der Waals surface area contributed by atoms with Crippen LogP contribution in [-0.2, 0) is 6.42 Å². The summed E-state index contributed by atoms with van der Waals surface area (Å²) >= 11 is 0. The third kappa shape index (κ3) is 1.86. The Bertz CT molecular complexity index is 560. The van der Waals surface area contributed by atoms with Crippen LogP contribution in [0.25, 0.3) is 11.4 Å². The van der Waals surface area contributed by atoms with Crippen molar-refractivity contribution >= 4 is 5.69 Å². The molecule has 0 saturated heterocycles. The molecule has 1 aliphatic heterocycles. The van der Waals surface area contributed by atoms with Crippen molar-refractivity contribution < 1.29 is 0 Å². The van der Waals surface area contributed by atoms with E-state index < -0.39 is 0 Å². The summed E-state index contributed by atoms with van der Waals surface area (Å²) in [5.41, 5.74) is 13.3. The van der Waals surface area contributed by atoms with Crippen LogP contribution >= 0.6 is 0 Å². The summed E-state index contributed by atoms with van der Waals surface area (Å²) in [6.45, 7) is 0.618. The maximum Gasteiger partial charge on any atom is 0.181 e. The first-order valence-electron chi connectivity index (χ1n) is 6.29. The average Bonchev–Trinajstić information content (AvgIpc) is 2.82. The van der Waals surface area contributed by atoms with E-state index in [1.165, 1.54) is 0 Å². The maximum absolute atomic E-state index is 5.79. The van der Waals surface area contributed by atoms with Crippen molar-refractivity contribution in [1.82, 2.24) is 14.8 Å². The maximum atomic E-state index is 5.79. The number of anilines is 1. The van der Waals surface area contributed by atoms with Gasteiger partial charge in [-0.05, 0) is 25.0 Å². The number of hydrogen-bond donors (Lipinski definition) is 2. The van der Waals surface area contributed by atoms with E-state index in [4.69, 9.17) is 11.5 Å². The molecule has 5 heteroatoms. The third-order valence-corrected chi connectivity index (χ3v) is 3.40. The minimum Gasteiger partial charge on any atom is -0.399 e. The fourth-order valence-electron chi connectivity index (χ4n) is 2.45. The highest BCUT2D eigenvalue weighted by Gasteiger charge is 2.22. The van der Waals surface area contributed by atoms with Gasteiger partial charge in [0.1, 0.15) is 5.82 Å². The Morgan fingerprint density at radius 2 is 2.28 bits per heavy atom. The van der Waals surface area contributed by atoms with E-state index in [1.54, 1.807) is 0 Å². The standard InChI is InChI=1S/C13H17N5/c14-8-11-5-2-6-12-16-13(17-18(11)12)9-3-1-4-10(15)7-9/h1,3-4,7,11H,2,5-6,8,14-15H2. The predicted octanol–water partition coefficient (Wildman–Crippen LogP) is 1.36. The fraction of sp³-hybridized carbons (Fsp3) is 0.385. The van der Waals surface area contributed by atoms with Gasteiger partial charge in [0.15, 0.2) is 5.82 Å². The molecule has 1 aromatic carbocycles. The minimum atomic E-state index is 0.288. The summed E-state index contributed by atoms with van der Waals surface area (Å²) in [7, 11) is 0. The van der Waals surface area contributed by atoms with Gasteiger partial charge in [0.05, 0.1) is 6.04 Å². The number of rotatable bonds is 2. The van der Waals surface area contributed by atoms with Crippen LogP contribution in [-0.4, -0.2) is 21.3 Å². The van der Waals surface area contributed by atoms with Crippen LogP contribution in [0, 0.1) is 0 Å². The van der Waals surface area contributed by atoms with Crippen molar-refractivity contribution in [2.24, 2.45) is 5.73 Å². The van der Waals surface area contributed by atoms with E-state index in [1.807, 2.05) is 28.9 Å². The van der Waals surface area contributed by atoms with Gasteiger partial charge in [-0.2, -0.15) is 5.10 Å². The predicted molar refractivity (Wildman–Crippen MR) is 70.9 cm³/mol. The molecule has 0 aliphatic carbocycles. The van der Waals surface area contributed by atoms with Crippen molar-refractivity contribution in [2.45, 2.75) is 25.3 Å². The second-order valence-electron chi connectivity index (χ2n) is 4.70. The first-order chi connectivity index (χ1) is 8.78. The molecule has 94 valence electrons. The molecule has 0 bridgehead atoms. The molecule has 0 fully saturated rings. The zero-order valence-electron chi connectivity index (χ0n) is 10.2. The molecule has 1 aromatic heterocycles. The summed E-state index contributed by atoms with van der Waals surface area (Å²) in [6, 6.07) is 7.96. The number of fused-ring (bicyclic) bond motifs is 1. The van der Waals surface area contributed by atoms with Crippen LogP contribution in [0.4, 0.5) is 5.69 Å². The van der Waals surface area contributed by atoms with Crippen LogP contribution < -0.4 is 11.5 Å². The molecule has 1 atom stereocenters. The number of nitrogen functional groups attached to an aromatic ring is 1. The van der Waals surface area contributed by atoms with Gasteiger partial charge in [-0.1, -0.05) is 12.1 Å². The Morgan fingerprint density at radius 1 is 1.39 bits per heavy atom. The molecule has 2 heterocycles. The van der Waals surface area contributed by atoms with Crippen LogP contribution in [0.15, 0.2) is 24.3 Å². The third-order valence-electron chi connectivity index (χ3n) is 3.40. The molecule has 0 amide bonds. The Hall–Kier alpha value is -1.88. The van der Waals surface area contributed by atoms with Gasteiger partial charge in [0.2, 0.25) is 0 Å². The van der Waals surface area contributed by atoms with Gasteiger partial charge in [-0.15, -0.1) is 0 Å². The molecule has 18 heavy (non-hydrogen) atoms. The smallest absolute Gasteiger partial charge is 0.181 e. The second kappa shape index (κ2) is 4.42. The van der Waals surface area contributed by atoms with Crippen LogP contribution in [0.3, 0.4) is 0 Å². The topological polar surface area (TPSA) is 82.8 Å². The van der Waals surface area contributed by atoms with Gasteiger partial charge in [0, 0.05) is 24.2 Å².